The van der Waals surface area contributed by atoms with Crippen LogP contribution in [0.4, 0.5) is 10.2 Å². The van der Waals surface area contributed by atoms with E-state index in [9.17, 15) is 4.39 Å². The number of hydrogen-bond acceptors (Lipinski definition) is 5. The maximum Gasteiger partial charge on any atom is 0.172 e. The molecule has 0 atom stereocenters. The minimum atomic E-state index is -0.373. The van der Waals surface area contributed by atoms with Gasteiger partial charge in [-0.1, -0.05) is 18.2 Å². The molecule has 0 unspecified atom stereocenters. The molecule has 4 rings (SSSR count). The summed E-state index contributed by atoms with van der Waals surface area (Å²) in [6, 6.07) is 10.7. The smallest absolute Gasteiger partial charge is 0.172 e. The Morgan fingerprint density at radius 1 is 1.12 bits per heavy atom. The first kappa shape index (κ1) is 15.8. The summed E-state index contributed by atoms with van der Waals surface area (Å²) in [4.78, 5) is 11.3. The van der Waals surface area contributed by atoms with Gasteiger partial charge in [-0.05, 0) is 23.8 Å². The molecule has 0 spiro atoms. The monoisotopic (exact) mass is 339 g/mol. The van der Waals surface area contributed by atoms with E-state index in [0.717, 1.165) is 35.5 Å². The molecule has 1 aliphatic heterocycles. The highest BCUT2D eigenvalue weighted by Gasteiger charge is 2.15. The van der Waals surface area contributed by atoms with Gasteiger partial charge in [0.25, 0.3) is 0 Å². The summed E-state index contributed by atoms with van der Waals surface area (Å²) < 4.78 is 25.0. The van der Waals surface area contributed by atoms with E-state index in [1.165, 1.54) is 7.11 Å². The molecule has 0 amide bonds. The molecule has 1 aliphatic rings. The van der Waals surface area contributed by atoms with Crippen LogP contribution in [0, 0.1) is 5.82 Å². The van der Waals surface area contributed by atoms with Gasteiger partial charge in [0.1, 0.15) is 5.82 Å². The van der Waals surface area contributed by atoms with Gasteiger partial charge in [0.05, 0.1) is 37.6 Å². The van der Waals surface area contributed by atoms with Gasteiger partial charge in [0.2, 0.25) is 0 Å². The van der Waals surface area contributed by atoms with Crippen LogP contribution in [0.3, 0.4) is 0 Å². The number of anilines is 1. The number of fused-ring (bicyclic) bond motifs is 1. The Balaban J connectivity index is 1.76. The maximum absolute atomic E-state index is 14.5. The molecule has 128 valence electrons. The van der Waals surface area contributed by atoms with E-state index in [1.807, 2.05) is 18.2 Å². The Kier molecular flexibility index (Phi) is 4.19. The van der Waals surface area contributed by atoms with Gasteiger partial charge >= 0.3 is 0 Å². The highest BCUT2D eigenvalue weighted by atomic mass is 19.1. The van der Waals surface area contributed by atoms with E-state index in [2.05, 4.69) is 9.88 Å². The number of hydrogen-bond donors (Lipinski definition) is 0. The van der Waals surface area contributed by atoms with E-state index < -0.39 is 0 Å². The van der Waals surface area contributed by atoms with Crippen molar-refractivity contribution in [2.24, 2.45) is 0 Å². The average molecular weight is 339 g/mol. The first-order valence-electron chi connectivity index (χ1n) is 8.18. The second-order valence-electron chi connectivity index (χ2n) is 5.85. The zero-order chi connectivity index (χ0) is 17.2. The second kappa shape index (κ2) is 6.64. The molecule has 0 radical (unpaired) electrons. The normalized spacial score (nSPS) is 14.7. The predicted molar refractivity (Wildman–Crippen MR) is 94.5 cm³/mol. The summed E-state index contributed by atoms with van der Waals surface area (Å²) in [5.74, 6) is 0.673. The van der Waals surface area contributed by atoms with Crippen LogP contribution in [0.2, 0.25) is 0 Å². The number of nitrogens with zero attached hydrogens (tertiary/aromatic N) is 3. The number of ether oxygens (including phenoxy) is 2. The van der Waals surface area contributed by atoms with Crippen LogP contribution in [0.15, 0.2) is 42.6 Å². The first-order chi connectivity index (χ1) is 12.3. The van der Waals surface area contributed by atoms with Gasteiger partial charge in [-0.15, -0.1) is 0 Å². The molecular formula is C19H18FN3O2. The van der Waals surface area contributed by atoms with Crippen LogP contribution < -0.4 is 9.64 Å². The van der Waals surface area contributed by atoms with Crippen LogP contribution in [0.25, 0.3) is 22.2 Å². The molecule has 5 nitrogen and oxygen atoms in total. The minimum absolute atomic E-state index is 0.228. The standard InChI is InChI=1S/C19H18FN3O2/c1-24-17-4-2-3-14(19(17)20)13-5-6-15-16(11-13)22-18(12-21-15)23-7-9-25-10-8-23/h2-6,11-12H,7-10H2,1H3. The SMILES string of the molecule is COc1cccc(-c2ccc3ncc(N4CCOCC4)nc3c2)c1F. The predicted octanol–water partition coefficient (Wildman–Crippen LogP) is 3.28. The quantitative estimate of drug-likeness (QED) is 0.733. The highest BCUT2D eigenvalue weighted by Crippen LogP contribution is 2.30. The van der Waals surface area contributed by atoms with Gasteiger partial charge in [-0.3, -0.25) is 4.98 Å². The largest absolute Gasteiger partial charge is 0.494 e. The molecule has 0 saturated carbocycles. The van der Waals surface area contributed by atoms with Gasteiger partial charge in [0.15, 0.2) is 11.6 Å². The van der Waals surface area contributed by atoms with E-state index >= 15 is 0 Å². The molecule has 2 aromatic carbocycles. The van der Waals surface area contributed by atoms with Crippen LogP contribution in [0.5, 0.6) is 5.75 Å². The Labute approximate surface area is 145 Å². The van der Waals surface area contributed by atoms with Gasteiger partial charge in [0, 0.05) is 18.7 Å². The summed E-state index contributed by atoms with van der Waals surface area (Å²) >= 11 is 0. The molecule has 1 saturated heterocycles. The number of halogens is 1. The van der Waals surface area contributed by atoms with Crippen molar-refractivity contribution in [1.29, 1.82) is 0 Å². The number of rotatable bonds is 3. The van der Waals surface area contributed by atoms with Crippen LogP contribution in [0.1, 0.15) is 0 Å². The van der Waals surface area contributed by atoms with Crippen molar-refractivity contribution in [2.45, 2.75) is 0 Å². The highest BCUT2D eigenvalue weighted by molar-refractivity contribution is 5.82. The van der Waals surface area contributed by atoms with Crippen LogP contribution in [-0.2, 0) is 4.74 Å². The summed E-state index contributed by atoms with van der Waals surface area (Å²) in [7, 11) is 1.46. The lowest BCUT2D eigenvalue weighted by molar-refractivity contribution is 0.122. The van der Waals surface area contributed by atoms with Crippen molar-refractivity contribution in [3.05, 3.63) is 48.4 Å². The second-order valence-corrected chi connectivity index (χ2v) is 5.85. The van der Waals surface area contributed by atoms with Crippen molar-refractivity contribution in [3.63, 3.8) is 0 Å². The molecule has 25 heavy (non-hydrogen) atoms. The van der Waals surface area contributed by atoms with E-state index in [0.29, 0.717) is 18.8 Å². The van der Waals surface area contributed by atoms with Crippen molar-refractivity contribution in [2.75, 3.05) is 38.3 Å². The summed E-state index contributed by atoms with van der Waals surface area (Å²) in [6.45, 7) is 2.97. The molecule has 3 aromatic rings. The summed E-state index contributed by atoms with van der Waals surface area (Å²) in [6.07, 6.45) is 1.78. The zero-order valence-corrected chi connectivity index (χ0v) is 13.9. The molecule has 1 aromatic heterocycles. The lowest BCUT2D eigenvalue weighted by atomic mass is 10.0. The first-order valence-corrected chi connectivity index (χ1v) is 8.18. The fraction of sp³-hybridized carbons (Fsp3) is 0.263. The number of benzene rings is 2. The third-order valence-electron chi connectivity index (χ3n) is 4.36. The van der Waals surface area contributed by atoms with Crippen LogP contribution in [-0.4, -0.2) is 43.4 Å². The lowest BCUT2D eigenvalue weighted by Crippen LogP contribution is -2.36. The molecular weight excluding hydrogens is 321 g/mol. The van der Waals surface area contributed by atoms with Gasteiger partial charge in [-0.25, -0.2) is 9.37 Å². The van der Waals surface area contributed by atoms with Gasteiger partial charge < -0.3 is 14.4 Å². The van der Waals surface area contributed by atoms with Crippen molar-refractivity contribution in [1.82, 2.24) is 9.97 Å². The summed E-state index contributed by atoms with van der Waals surface area (Å²) in [5, 5.41) is 0. The molecule has 6 heteroatoms. The molecule has 2 heterocycles. The van der Waals surface area contributed by atoms with Crippen molar-refractivity contribution < 1.29 is 13.9 Å². The van der Waals surface area contributed by atoms with Crippen LogP contribution >= 0.6 is 0 Å². The number of aromatic nitrogens is 2. The van der Waals surface area contributed by atoms with Crippen molar-refractivity contribution >= 4 is 16.9 Å². The zero-order valence-electron chi connectivity index (χ0n) is 13.9. The van der Waals surface area contributed by atoms with E-state index in [1.54, 1.807) is 24.4 Å². The summed E-state index contributed by atoms with van der Waals surface area (Å²) in [5.41, 5.74) is 2.75. The minimum Gasteiger partial charge on any atom is -0.494 e. The molecule has 0 bridgehead atoms. The fourth-order valence-corrected chi connectivity index (χ4v) is 3.01. The maximum atomic E-state index is 14.5. The Morgan fingerprint density at radius 2 is 1.96 bits per heavy atom. The Bertz CT molecular complexity index is 910. The van der Waals surface area contributed by atoms with Crippen molar-refractivity contribution in [3.8, 4) is 16.9 Å². The fourth-order valence-electron chi connectivity index (χ4n) is 3.01. The van der Waals surface area contributed by atoms with E-state index in [4.69, 9.17) is 14.5 Å². The molecule has 0 aliphatic carbocycles. The lowest BCUT2D eigenvalue weighted by Gasteiger charge is -2.27. The Morgan fingerprint density at radius 3 is 2.76 bits per heavy atom. The number of methoxy groups -OCH3 is 1. The van der Waals surface area contributed by atoms with E-state index in [-0.39, 0.29) is 11.6 Å². The topological polar surface area (TPSA) is 47.5 Å². The average Bonchev–Trinajstić information content (AvgIpc) is 2.68. The van der Waals surface area contributed by atoms with Gasteiger partial charge in [-0.2, -0.15) is 0 Å². The number of morpholine rings is 1. The molecule has 0 N–H and O–H groups in total. The molecule has 1 fully saturated rings. The Hall–Kier alpha value is -2.73. The third kappa shape index (κ3) is 3.00. The third-order valence-corrected chi connectivity index (χ3v) is 4.36.